The molecule has 0 amide bonds. The summed E-state index contributed by atoms with van der Waals surface area (Å²) >= 11 is 0. The third kappa shape index (κ3) is 3.24. The van der Waals surface area contributed by atoms with Gasteiger partial charge in [-0.05, 0) is 23.6 Å². The van der Waals surface area contributed by atoms with E-state index in [-0.39, 0.29) is 0 Å². The molecule has 1 aliphatic rings. The van der Waals surface area contributed by atoms with Gasteiger partial charge in [0.05, 0.1) is 13.2 Å². The first-order chi connectivity index (χ1) is 9.81. The lowest BCUT2D eigenvalue weighted by Gasteiger charge is -2.23. The van der Waals surface area contributed by atoms with Crippen molar-refractivity contribution in [3.8, 4) is 0 Å². The van der Waals surface area contributed by atoms with Gasteiger partial charge in [0, 0.05) is 24.2 Å². The number of hydrogen-bond donors (Lipinski definition) is 1. The van der Waals surface area contributed by atoms with E-state index >= 15 is 0 Å². The second-order valence-corrected chi connectivity index (χ2v) is 5.44. The Bertz CT molecular complexity index is 583. The number of fused-ring (bicyclic) bond motifs is 1. The molecule has 0 saturated heterocycles. The zero-order valence-corrected chi connectivity index (χ0v) is 11.9. The lowest BCUT2D eigenvalue weighted by molar-refractivity contribution is -0.671. The second kappa shape index (κ2) is 6.16. The maximum Gasteiger partial charge on any atom is 0.171 e. The number of nitrogens with one attached hydrogen (secondary N) is 1. The number of nitrogens with zero attached hydrogens (tertiary/aromatic N) is 1. The quantitative estimate of drug-likeness (QED) is 0.840. The zero-order chi connectivity index (χ0) is 13.8. The number of hydrogen-bond acceptors (Lipinski definition) is 2. The van der Waals surface area contributed by atoms with Crippen LogP contribution in [0.2, 0.25) is 0 Å². The van der Waals surface area contributed by atoms with E-state index in [9.17, 15) is 0 Å². The summed E-state index contributed by atoms with van der Waals surface area (Å²) in [6.07, 6.45) is 5.23. The number of benzene rings is 1. The number of pyridine rings is 1. The Morgan fingerprint density at radius 1 is 1.20 bits per heavy atom. The molecule has 1 aromatic carbocycles. The molecule has 1 aliphatic heterocycles. The summed E-state index contributed by atoms with van der Waals surface area (Å²) in [6.45, 7) is 2.40. The highest BCUT2D eigenvalue weighted by Gasteiger charge is 2.15. The van der Waals surface area contributed by atoms with Crippen LogP contribution in [0, 0.1) is 0 Å². The molecule has 2 heterocycles. The normalized spacial score (nSPS) is 18.9. The van der Waals surface area contributed by atoms with Gasteiger partial charge in [-0.25, -0.2) is 4.57 Å². The number of aryl methyl sites for hydroxylation is 1. The maximum absolute atomic E-state index is 5.85. The molecule has 1 unspecified atom stereocenters. The first-order valence-electron chi connectivity index (χ1n) is 7.13. The first kappa shape index (κ1) is 13.3. The van der Waals surface area contributed by atoms with E-state index in [1.54, 1.807) is 0 Å². The molecule has 104 valence electrons. The highest BCUT2D eigenvalue weighted by Crippen LogP contribution is 2.14. The predicted octanol–water partition coefficient (Wildman–Crippen LogP) is 1.74. The van der Waals surface area contributed by atoms with Crippen molar-refractivity contribution in [2.45, 2.75) is 25.6 Å². The average Bonchev–Trinajstić information content (AvgIpc) is 2.43. The molecule has 0 radical (unpaired) electrons. The molecule has 3 nitrogen and oxygen atoms in total. The van der Waals surface area contributed by atoms with Crippen molar-refractivity contribution >= 4 is 0 Å². The molecule has 3 rings (SSSR count). The molecule has 1 aromatic heterocycles. The summed E-state index contributed by atoms with van der Waals surface area (Å²) < 4.78 is 7.94. The fourth-order valence-corrected chi connectivity index (χ4v) is 2.68. The Morgan fingerprint density at radius 3 is 2.90 bits per heavy atom. The molecule has 1 N–H and O–H groups in total. The Hall–Kier alpha value is -1.71. The Labute approximate surface area is 120 Å². The lowest BCUT2D eigenvalue weighted by Crippen LogP contribution is -2.37. The van der Waals surface area contributed by atoms with Crippen LogP contribution in [0.5, 0.6) is 0 Å². The highest BCUT2D eigenvalue weighted by molar-refractivity contribution is 5.26. The lowest BCUT2D eigenvalue weighted by atomic mass is 10.0. The van der Waals surface area contributed by atoms with Gasteiger partial charge in [-0.1, -0.05) is 24.3 Å². The van der Waals surface area contributed by atoms with Gasteiger partial charge < -0.3 is 10.1 Å². The van der Waals surface area contributed by atoms with E-state index < -0.39 is 0 Å². The largest absolute Gasteiger partial charge is 0.375 e. The van der Waals surface area contributed by atoms with Gasteiger partial charge in [-0.15, -0.1) is 0 Å². The van der Waals surface area contributed by atoms with Crippen LogP contribution in [0.15, 0.2) is 48.8 Å². The van der Waals surface area contributed by atoms with Crippen molar-refractivity contribution < 1.29 is 9.30 Å². The van der Waals surface area contributed by atoms with Crippen LogP contribution in [0.4, 0.5) is 0 Å². The van der Waals surface area contributed by atoms with E-state index in [1.165, 1.54) is 16.7 Å². The zero-order valence-electron chi connectivity index (χ0n) is 11.9. The van der Waals surface area contributed by atoms with Crippen molar-refractivity contribution in [3.05, 3.63) is 65.5 Å². The highest BCUT2D eigenvalue weighted by atomic mass is 16.5. The van der Waals surface area contributed by atoms with Crippen LogP contribution in [0.3, 0.4) is 0 Å². The molecule has 3 heteroatoms. The molecular weight excluding hydrogens is 248 g/mol. The number of aromatic nitrogens is 1. The summed E-state index contributed by atoms with van der Waals surface area (Å²) in [4.78, 5) is 0. The SMILES string of the molecule is C[n+]1cccc(CC2COCc3ccccc3CN2)c1. The summed E-state index contributed by atoms with van der Waals surface area (Å²) in [5, 5.41) is 3.61. The number of rotatable bonds is 2. The van der Waals surface area contributed by atoms with Crippen LogP contribution in [0.1, 0.15) is 16.7 Å². The van der Waals surface area contributed by atoms with Gasteiger partial charge in [0.15, 0.2) is 12.4 Å². The maximum atomic E-state index is 5.85. The van der Waals surface area contributed by atoms with Gasteiger partial charge >= 0.3 is 0 Å². The van der Waals surface area contributed by atoms with Crippen molar-refractivity contribution in [3.63, 3.8) is 0 Å². The number of ether oxygens (including phenoxy) is 1. The minimum Gasteiger partial charge on any atom is -0.375 e. The van der Waals surface area contributed by atoms with Gasteiger partial charge in [0.1, 0.15) is 7.05 Å². The van der Waals surface area contributed by atoms with Crippen molar-refractivity contribution in [1.82, 2.24) is 5.32 Å². The van der Waals surface area contributed by atoms with Crippen molar-refractivity contribution in [2.24, 2.45) is 7.05 Å². The molecular formula is C17H21N2O+. The minimum absolute atomic E-state index is 0.366. The molecule has 0 saturated carbocycles. The Balaban J connectivity index is 1.68. The summed E-state index contributed by atoms with van der Waals surface area (Å²) in [5.41, 5.74) is 3.98. The molecule has 1 atom stereocenters. The van der Waals surface area contributed by atoms with Gasteiger partial charge in [0.25, 0.3) is 0 Å². The fourth-order valence-electron chi connectivity index (χ4n) is 2.68. The van der Waals surface area contributed by atoms with Crippen molar-refractivity contribution in [1.29, 1.82) is 0 Å². The monoisotopic (exact) mass is 269 g/mol. The standard InChI is InChI=1S/C17H21N2O/c1-19-8-4-5-14(11-19)9-17-13-20-12-16-7-3-2-6-15(16)10-18-17/h2-8,11,17-18H,9-10,12-13H2,1H3/q+1. The summed E-state index contributed by atoms with van der Waals surface area (Å²) in [6, 6.07) is 13.1. The van der Waals surface area contributed by atoms with Crippen LogP contribution < -0.4 is 9.88 Å². The molecule has 20 heavy (non-hydrogen) atoms. The van der Waals surface area contributed by atoms with Crippen LogP contribution >= 0.6 is 0 Å². The molecule has 0 aliphatic carbocycles. The Kier molecular flexibility index (Phi) is 4.09. The third-order valence-electron chi connectivity index (χ3n) is 3.76. The van der Waals surface area contributed by atoms with Gasteiger partial charge in [0.2, 0.25) is 0 Å². The minimum atomic E-state index is 0.366. The average molecular weight is 269 g/mol. The van der Waals surface area contributed by atoms with E-state index in [4.69, 9.17) is 4.74 Å². The molecule has 0 fully saturated rings. The van der Waals surface area contributed by atoms with Gasteiger partial charge in [-0.3, -0.25) is 0 Å². The van der Waals surface area contributed by atoms with E-state index in [2.05, 4.69) is 65.7 Å². The third-order valence-corrected chi connectivity index (χ3v) is 3.76. The molecule has 0 spiro atoms. The predicted molar refractivity (Wildman–Crippen MR) is 78.0 cm³/mol. The topological polar surface area (TPSA) is 25.1 Å². The summed E-state index contributed by atoms with van der Waals surface area (Å²) in [7, 11) is 2.06. The van der Waals surface area contributed by atoms with E-state index in [0.29, 0.717) is 6.04 Å². The molecule has 2 aromatic rings. The first-order valence-corrected chi connectivity index (χ1v) is 7.13. The van der Waals surface area contributed by atoms with E-state index in [0.717, 1.165) is 26.2 Å². The van der Waals surface area contributed by atoms with Crippen LogP contribution in [-0.2, 0) is 31.4 Å². The molecule has 0 bridgehead atoms. The Morgan fingerprint density at radius 2 is 2.05 bits per heavy atom. The van der Waals surface area contributed by atoms with Crippen molar-refractivity contribution in [2.75, 3.05) is 6.61 Å². The smallest absolute Gasteiger partial charge is 0.171 e. The van der Waals surface area contributed by atoms with Gasteiger partial charge in [-0.2, -0.15) is 0 Å². The summed E-state index contributed by atoms with van der Waals surface area (Å²) in [5.74, 6) is 0. The second-order valence-electron chi connectivity index (χ2n) is 5.44. The fraction of sp³-hybridized carbons (Fsp3) is 0.353. The van der Waals surface area contributed by atoms with E-state index in [1.807, 2.05) is 0 Å². The van der Waals surface area contributed by atoms with Crippen LogP contribution in [0.25, 0.3) is 0 Å². The van der Waals surface area contributed by atoms with Crippen LogP contribution in [-0.4, -0.2) is 12.6 Å².